The fourth-order valence-corrected chi connectivity index (χ4v) is 2.11. The number of likely N-dealkylation sites (N-methyl/N-ethyl adjacent to an activating group) is 1. The van der Waals surface area contributed by atoms with Gasteiger partial charge in [-0.2, -0.15) is 0 Å². The lowest BCUT2D eigenvalue weighted by molar-refractivity contribution is 0.315. The smallest absolute Gasteiger partial charge is 0.122 e. The molecule has 2 aromatic rings. The molecule has 19 heavy (non-hydrogen) atoms. The van der Waals surface area contributed by atoms with Crippen LogP contribution in [0.1, 0.15) is 24.9 Å². The molecule has 0 aliphatic heterocycles. The van der Waals surface area contributed by atoms with E-state index in [9.17, 15) is 0 Å². The summed E-state index contributed by atoms with van der Waals surface area (Å²) in [6.45, 7) is 5.12. The predicted molar refractivity (Wildman–Crippen MR) is 76.8 cm³/mol. The zero-order valence-corrected chi connectivity index (χ0v) is 11.8. The van der Waals surface area contributed by atoms with E-state index >= 15 is 0 Å². The molecule has 0 N–H and O–H groups in total. The normalized spacial score (nSPS) is 11.1. The van der Waals surface area contributed by atoms with E-state index in [-0.39, 0.29) is 0 Å². The molecular formula is C15H22N4. The van der Waals surface area contributed by atoms with Crippen LogP contribution < -0.4 is 0 Å². The summed E-state index contributed by atoms with van der Waals surface area (Å²) in [5.74, 6) is 1.14. The van der Waals surface area contributed by atoms with Gasteiger partial charge < -0.3 is 4.57 Å². The number of aryl methyl sites for hydroxylation is 1. The van der Waals surface area contributed by atoms with Gasteiger partial charge in [-0.1, -0.05) is 13.0 Å². The highest BCUT2D eigenvalue weighted by atomic mass is 15.2. The number of hydrogen-bond donors (Lipinski definition) is 0. The molecule has 0 fully saturated rings. The first-order valence-corrected chi connectivity index (χ1v) is 6.88. The Hall–Kier alpha value is -1.68. The van der Waals surface area contributed by atoms with Crippen molar-refractivity contribution in [3.8, 4) is 0 Å². The zero-order chi connectivity index (χ0) is 13.5. The molecule has 0 saturated heterocycles. The van der Waals surface area contributed by atoms with Crippen molar-refractivity contribution < 1.29 is 0 Å². The van der Waals surface area contributed by atoms with Crippen LogP contribution in [-0.4, -0.2) is 33.0 Å². The van der Waals surface area contributed by atoms with Gasteiger partial charge in [-0.05, 0) is 25.6 Å². The van der Waals surface area contributed by atoms with Crippen molar-refractivity contribution in [3.05, 3.63) is 48.3 Å². The van der Waals surface area contributed by atoms with Gasteiger partial charge in [0.1, 0.15) is 5.82 Å². The third-order valence-corrected chi connectivity index (χ3v) is 3.15. The lowest BCUT2D eigenvalue weighted by atomic mass is 10.2. The molecule has 2 heterocycles. The molecule has 4 heteroatoms. The van der Waals surface area contributed by atoms with E-state index in [1.54, 1.807) is 0 Å². The quantitative estimate of drug-likeness (QED) is 0.764. The molecule has 0 aliphatic rings. The fourth-order valence-electron chi connectivity index (χ4n) is 2.11. The minimum atomic E-state index is 0.889. The first-order chi connectivity index (χ1) is 9.29. The van der Waals surface area contributed by atoms with Crippen LogP contribution in [0.2, 0.25) is 0 Å². The van der Waals surface area contributed by atoms with Crippen LogP contribution >= 0.6 is 0 Å². The SMILES string of the molecule is CCCn1ccnc1CN(C)CCc1ccccn1. The van der Waals surface area contributed by atoms with Gasteiger partial charge in [-0.25, -0.2) is 4.98 Å². The van der Waals surface area contributed by atoms with Gasteiger partial charge >= 0.3 is 0 Å². The number of aromatic nitrogens is 3. The Balaban J connectivity index is 1.84. The molecule has 0 unspecified atom stereocenters. The molecule has 0 spiro atoms. The summed E-state index contributed by atoms with van der Waals surface area (Å²) in [6.07, 6.45) is 7.92. The van der Waals surface area contributed by atoms with Crippen molar-refractivity contribution in [2.24, 2.45) is 0 Å². The summed E-state index contributed by atoms with van der Waals surface area (Å²) in [5, 5.41) is 0. The molecule has 0 atom stereocenters. The third-order valence-electron chi connectivity index (χ3n) is 3.15. The van der Waals surface area contributed by atoms with Crippen LogP contribution in [0, 0.1) is 0 Å². The van der Waals surface area contributed by atoms with Crippen molar-refractivity contribution in [2.75, 3.05) is 13.6 Å². The van der Waals surface area contributed by atoms with Crippen LogP contribution in [0.4, 0.5) is 0 Å². The third kappa shape index (κ3) is 4.17. The van der Waals surface area contributed by atoms with E-state index in [0.29, 0.717) is 0 Å². The van der Waals surface area contributed by atoms with Gasteiger partial charge in [0.05, 0.1) is 6.54 Å². The summed E-state index contributed by atoms with van der Waals surface area (Å²) in [5.41, 5.74) is 1.14. The Labute approximate surface area is 115 Å². The number of rotatable bonds is 7. The van der Waals surface area contributed by atoms with E-state index in [4.69, 9.17) is 0 Å². The van der Waals surface area contributed by atoms with Gasteiger partial charge in [0.2, 0.25) is 0 Å². The molecular weight excluding hydrogens is 236 g/mol. The van der Waals surface area contributed by atoms with Crippen LogP contribution in [0.3, 0.4) is 0 Å². The Morgan fingerprint density at radius 2 is 2.11 bits per heavy atom. The van der Waals surface area contributed by atoms with E-state index in [2.05, 4.69) is 45.7 Å². The van der Waals surface area contributed by atoms with Crippen molar-refractivity contribution in [1.29, 1.82) is 0 Å². The zero-order valence-electron chi connectivity index (χ0n) is 11.8. The standard InChI is InChI=1S/C15H22N4/c1-3-10-19-12-9-17-15(19)13-18(2)11-7-14-6-4-5-8-16-14/h4-6,8-9,12H,3,7,10-11,13H2,1-2H3. The molecule has 2 rings (SSSR count). The topological polar surface area (TPSA) is 34.0 Å². The maximum absolute atomic E-state index is 4.44. The Morgan fingerprint density at radius 1 is 1.21 bits per heavy atom. The maximum Gasteiger partial charge on any atom is 0.122 e. The highest BCUT2D eigenvalue weighted by Gasteiger charge is 2.06. The lowest BCUT2D eigenvalue weighted by Gasteiger charge is -2.16. The van der Waals surface area contributed by atoms with Gasteiger partial charge in [0.15, 0.2) is 0 Å². The van der Waals surface area contributed by atoms with E-state index < -0.39 is 0 Å². The summed E-state index contributed by atoms with van der Waals surface area (Å²) in [4.78, 5) is 11.1. The molecule has 0 aromatic carbocycles. The van der Waals surface area contributed by atoms with E-state index in [0.717, 1.165) is 44.0 Å². The second kappa shape index (κ2) is 7.04. The molecule has 0 aliphatic carbocycles. The van der Waals surface area contributed by atoms with Crippen molar-refractivity contribution in [2.45, 2.75) is 32.9 Å². The number of pyridine rings is 1. The molecule has 2 aromatic heterocycles. The largest absolute Gasteiger partial charge is 0.334 e. The minimum Gasteiger partial charge on any atom is -0.334 e. The van der Waals surface area contributed by atoms with Crippen LogP contribution in [0.25, 0.3) is 0 Å². The van der Waals surface area contributed by atoms with Gasteiger partial charge in [0, 0.05) is 43.8 Å². The van der Waals surface area contributed by atoms with Crippen molar-refractivity contribution >= 4 is 0 Å². The second-order valence-corrected chi connectivity index (χ2v) is 4.85. The van der Waals surface area contributed by atoms with Crippen molar-refractivity contribution in [1.82, 2.24) is 19.4 Å². The molecule has 4 nitrogen and oxygen atoms in total. The average molecular weight is 258 g/mol. The number of nitrogens with zero attached hydrogens (tertiary/aromatic N) is 4. The summed E-state index contributed by atoms with van der Waals surface area (Å²) < 4.78 is 2.23. The number of imidazole rings is 1. The lowest BCUT2D eigenvalue weighted by Crippen LogP contribution is -2.23. The fraction of sp³-hybridized carbons (Fsp3) is 0.467. The first kappa shape index (κ1) is 13.7. The van der Waals surface area contributed by atoms with Gasteiger partial charge in [-0.3, -0.25) is 9.88 Å². The Morgan fingerprint density at radius 3 is 2.84 bits per heavy atom. The van der Waals surface area contributed by atoms with Gasteiger partial charge in [0.25, 0.3) is 0 Å². The molecule has 0 amide bonds. The average Bonchev–Trinajstić information content (AvgIpc) is 2.85. The number of hydrogen-bond acceptors (Lipinski definition) is 3. The predicted octanol–water partition coefficient (Wildman–Crippen LogP) is 2.36. The molecule has 0 radical (unpaired) electrons. The highest BCUT2D eigenvalue weighted by molar-refractivity contribution is 5.03. The molecule has 0 bridgehead atoms. The van der Waals surface area contributed by atoms with Crippen LogP contribution in [-0.2, 0) is 19.5 Å². The maximum atomic E-state index is 4.44. The van der Waals surface area contributed by atoms with Crippen LogP contribution in [0.15, 0.2) is 36.8 Å². The van der Waals surface area contributed by atoms with Gasteiger partial charge in [-0.15, -0.1) is 0 Å². The summed E-state index contributed by atoms with van der Waals surface area (Å²) >= 11 is 0. The Bertz CT molecular complexity index is 478. The Kier molecular flexibility index (Phi) is 5.10. The monoisotopic (exact) mass is 258 g/mol. The molecule has 102 valence electrons. The molecule has 0 saturated carbocycles. The minimum absolute atomic E-state index is 0.889. The first-order valence-electron chi connectivity index (χ1n) is 6.88. The van der Waals surface area contributed by atoms with Crippen LogP contribution in [0.5, 0.6) is 0 Å². The summed E-state index contributed by atoms with van der Waals surface area (Å²) in [6, 6.07) is 6.07. The highest BCUT2D eigenvalue weighted by Crippen LogP contribution is 2.04. The van der Waals surface area contributed by atoms with E-state index in [1.165, 1.54) is 0 Å². The summed E-state index contributed by atoms with van der Waals surface area (Å²) in [7, 11) is 2.13. The van der Waals surface area contributed by atoms with E-state index in [1.807, 2.05) is 24.5 Å². The second-order valence-electron chi connectivity index (χ2n) is 4.85. The van der Waals surface area contributed by atoms with Crippen molar-refractivity contribution in [3.63, 3.8) is 0 Å².